The SMILES string of the molecule is CNC(=O)c1ccc(CN=C(N)Nc2cc(OC)ccc2OC)cc1. The molecule has 0 unspecified atom stereocenters. The molecule has 0 aromatic heterocycles. The first-order valence-corrected chi connectivity index (χ1v) is 7.67. The molecular formula is C18H22N4O3. The third kappa shape index (κ3) is 4.87. The van der Waals surface area contributed by atoms with E-state index in [-0.39, 0.29) is 11.9 Å². The number of rotatable bonds is 6. The fraction of sp³-hybridized carbons (Fsp3) is 0.222. The third-order valence-corrected chi connectivity index (χ3v) is 3.54. The van der Waals surface area contributed by atoms with Crippen LogP contribution in [0.1, 0.15) is 15.9 Å². The van der Waals surface area contributed by atoms with Gasteiger partial charge in [0.05, 0.1) is 26.5 Å². The molecule has 2 aromatic rings. The minimum absolute atomic E-state index is 0.124. The van der Waals surface area contributed by atoms with Crippen molar-refractivity contribution < 1.29 is 14.3 Å². The van der Waals surface area contributed by atoms with Crippen LogP contribution < -0.4 is 25.8 Å². The Bertz CT molecular complexity index is 757. The van der Waals surface area contributed by atoms with Crippen LogP contribution in [0.5, 0.6) is 11.5 Å². The highest BCUT2D eigenvalue weighted by Gasteiger charge is 2.06. The van der Waals surface area contributed by atoms with Crippen molar-refractivity contribution in [3.05, 3.63) is 53.6 Å². The van der Waals surface area contributed by atoms with Gasteiger partial charge in [-0.1, -0.05) is 12.1 Å². The fourth-order valence-electron chi connectivity index (χ4n) is 2.17. The minimum atomic E-state index is -0.124. The molecule has 0 bridgehead atoms. The number of amides is 1. The second kappa shape index (κ2) is 8.58. The topological polar surface area (TPSA) is 98.0 Å². The molecule has 4 N–H and O–H groups in total. The molecule has 7 nitrogen and oxygen atoms in total. The maximum absolute atomic E-state index is 11.5. The van der Waals surface area contributed by atoms with Gasteiger partial charge in [0, 0.05) is 18.7 Å². The molecule has 0 fully saturated rings. The molecular weight excluding hydrogens is 320 g/mol. The Hall–Kier alpha value is -3.22. The van der Waals surface area contributed by atoms with Crippen molar-refractivity contribution in [1.29, 1.82) is 0 Å². The molecule has 0 saturated heterocycles. The Morgan fingerprint density at radius 2 is 1.84 bits per heavy atom. The number of anilines is 1. The van der Waals surface area contributed by atoms with E-state index in [4.69, 9.17) is 15.2 Å². The van der Waals surface area contributed by atoms with E-state index in [0.717, 1.165) is 5.56 Å². The molecule has 0 aliphatic carbocycles. The molecule has 0 atom stereocenters. The van der Waals surface area contributed by atoms with Crippen LogP contribution in [0.4, 0.5) is 5.69 Å². The summed E-state index contributed by atoms with van der Waals surface area (Å²) in [6, 6.07) is 12.5. The average molecular weight is 342 g/mol. The largest absolute Gasteiger partial charge is 0.497 e. The van der Waals surface area contributed by atoms with Crippen molar-refractivity contribution in [3.8, 4) is 11.5 Å². The molecule has 7 heteroatoms. The molecule has 2 aromatic carbocycles. The summed E-state index contributed by atoms with van der Waals surface area (Å²) < 4.78 is 10.5. The highest BCUT2D eigenvalue weighted by Crippen LogP contribution is 2.28. The summed E-state index contributed by atoms with van der Waals surface area (Å²) in [6.45, 7) is 0.388. The van der Waals surface area contributed by atoms with Gasteiger partial charge >= 0.3 is 0 Å². The van der Waals surface area contributed by atoms with Gasteiger partial charge in [-0.15, -0.1) is 0 Å². The van der Waals surface area contributed by atoms with Crippen molar-refractivity contribution in [2.75, 3.05) is 26.6 Å². The number of aliphatic imine (C=N–C) groups is 1. The number of nitrogens with two attached hydrogens (primary N) is 1. The smallest absolute Gasteiger partial charge is 0.251 e. The summed E-state index contributed by atoms with van der Waals surface area (Å²) in [5, 5.41) is 5.58. The lowest BCUT2D eigenvalue weighted by molar-refractivity contribution is 0.0963. The van der Waals surface area contributed by atoms with Gasteiger partial charge in [-0.05, 0) is 29.8 Å². The number of hydrogen-bond donors (Lipinski definition) is 3. The second-order valence-electron chi connectivity index (χ2n) is 5.17. The standard InChI is InChI=1S/C18H22N4O3/c1-20-17(23)13-6-4-12(5-7-13)11-21-18(19)22-15-10-14(24-2)8-9-16(15)25-3/h4-10H,11H2,1-3H3,(H,20,23)(H3,19,21,22). The lowest BCUT2D eigenvalue weighted by atomic mass is 10.1. The van der Waals surface area contributed by atoms with Gasteiger partial charge < -0.3 is 25.8 Å². The van der Waals surface area contributed by atoms with E-state index in [9.17, 15) is 4.79 Å². The monoisotopic (exact) mass is 342 g/mol. The Balaban J connectivity index is 2.06. The van der Waals surface area contributed by atoms with E-state index >= 15 is 0 Å². The van der Waals surface area contributed by atoms with Crippen LogP contribution in [0.15, 0.2) is 47.5 Å². The van der Waals surface area contributed by atoms with Crippen LogP contribution in [-0.4, -0.2) is 33.1 Å². The molecule has 0 spiro atoms. The molecule has 0 aliphatic heterocycles. The number of nitrogens with zero attached hydrogens (tertiary/aromatic N) is 1. The first-order valence-electron chi connectivity index (χ1n) is 7.67. The van der Waals surface area contributed by atoms with Gasteiger partial charge in [-0.3, -0.25) is 4.79 Å². The number of guanidine groups is 1. The van der Waals surface area contributed by atoms with E-state index in [2.05, 4.69) is 15.6 Å². The number of nitrogens with one attached hydrogen (secondary N) is 2. The van der Waals surface area contributed by atoms with Crippen LogP contribution in [0.25, 0.3) is 0 Å². The summed E-state index contributed by atoms with van der Waals surface area (Å²) in [5.41, 5.74) is 8.15. The minimum Gasteiger partial charge on any atom is -0.497 e. The summed E-state index contributed by atoms with van der Waals surface area (Å²) in [7, 11) is 4.76. The zero-order valence-corrected chi connectivity index (χ0v) is 14.5. The number of carbonyl (C=O) groups is 1. The summed E-state index contributed by atoms with van der Waals surface area (Å²) in [5.74, 6) is 1.44. The summed E-state index contributed by atoms with van der Waals surface area (Å²) in [6.07, 6.45) is 0. The third-order valence-electron chi connectivity index (χ3n) is 3.54. The highest BCUT2D eigenvalue weighted by atomic mass is 16.5. The van der Waals surface area contributed by atoms with E-state index < -0.39 is 0 Å². The number of hydrogen-bond acceptors (Lipinski definition) is 4. The molecule has 0 radical (unpaired) electrons. The second-order valence-corrected chi connectivity index (χ2v) is 5.17. The Labute approximate surface area is 146 Å². The van der Waals surface area contributed by atoms with Gasteiger partial charge in [-0.2, -0.15) is 0 Å². The number of methoxy groups -OCH3 is 2. The summed E-state index contributed by atoms with van der Waals surface area (Å²) >= 11 is 0. The van der Waals surface area contributed by atoms with Crippen LogP contribution in [0, 0.1) is 0 Å². The predicted octanol–water partition coefficient (Wildman–Crippen LogP) is 1.99. The van der Waals surface area contributed by atoms with E-state index in [1.807, 2.05) is 12.1 Å². The van der Waals surface area contributed by atoms with Gasteiger partial charge in [0.1, 0.15) is 11.5 Å². The lowest BCUT2D eigenvalue weighted by Crippen LogP contribution is -2.23. The Morgan fingerprint density at radius 3 is 2.44 bits per heavy atom. The van der Waals surface area contributed by atoms with E-state index in [1.54, 1.807) is 51.6 Å². The molecule has 0 aliphatic rings. The number of carbonyl (C=O) groups excluding carboxylic acids is 1. The lowest BCUT2D eigenvalue weighted by Gasteiger charge is -2.12. The first-order chi connectivity index (χ1) is 12.1. The normalized spacial score (nSPS) is 10.9. The van der Waals surface area contributed by atoms with Gasteiger partial charge in [-0.25, -0.2) is 4.99 Å². The molecule has 1 amide bonds. The number of ether oxygens (including phenoxy) is 2. The van der Waals surface area contributed by atoms with Gasteiger partial charge in [0.2, 0.25) is 0 Å². The molecule has 0 heterocycles. The van der Waals surface area contributed by atoms with E-state index in [0.29, 0.717) is 29.3 Å². The van der Waals surface area contributed by atoms with Crippen molar-refractivity contribution in [1.82, 2.24) is 5.32 Å². The molecule has 2 rings (SSSR count). The number of benzene rings is 2. The van der Waals surface area contributed by atoms with Crippen molar-refractivity contribution >= 4 is 17.6 Å². The van der Waals surface area contributed by atoms with Crippen molar-refractivity contribution in [2.24, 2.45) is 10.7 Å². The van der Waals surface area contributed by atoms with Crippen molar-refractivity contribution in [2.45, 2.75) is 6.54 Å². The van der Waals surface area contributed by atoms with Crippen LogP contribution >= 0.6 is 0 Å². The quantitative estimate of drug-likeness (QED) is 0.551. The molecule has 0 saturated carbocycles. The highest BCUT2D eigenvalue weighted by molar-refractivity contribution is 5.94. The Morgan fingerprint density at radius 1 is 1.12 bits per heavy atom. The van der Waals surface area contributed by atoms with Crippen molar-refractivity contribution in [3.63, 3.8) is 0 Å². The van der Waals surface area contributed by atoms with Crippen LogP contribution in [0.3, 0.4) is 0 Å². The fourth-order valence-corrected chi connectivity index (χ4v) is 2.17. The molecule has 132 valence electrons. The zero-order chi connectivity index (χ0) is 18.2. The average Bonchev–Trinajstić information content (AvgIpc) is 2.66. The molecule has 25 heavy (non-hydrogen) atoms. The summed E-state index contributed by atoms with van der Waals surface area (Å²) in [4.78, 5) is 15.8. The van der Waals surface area contributed by atoms with Crippen LogP contribution in [-0.2, 0) is 6.54 Å². The van der Waals surface area contributed by atoms with Crippen LogP contribution in [0.2, 0.25) is 0 Å². The Kier molecular flexibility index (Phi) is 6.22. The van der Waals surface area contributed by atoms with Gasteiger partial charge in [0.15, 0.2) is 5.96 Å². The zero-order valence-electron chi connectivity index (χ0n) is 14.5. The van der Waals surface area contributed by atoms with E-state index in [1.165, 1.54) is 0 Å². The van der Waals surface area contributed by atoms with Gasteiger partial charge in [0.25, 0.3) is 5.91 Å². The predicted molar refractivity (Wildman–Crippen MR) is 98.3 cm³/mol. The maximum Gasteiger partial charge on any atom is 0.251 e. The first kappa shape index (κ1) is 18.1. The maximum atomic E-state index is 11.5.